The molecule has 1 aliphatic heterocycles. The molecule has 7 heteroatoms. The third-order valence-corrected chi connectivity index (χ3v) is 4.94. The number of ketones is 1. The molecule has 0 amide bonds. The number of halogens is 3. The minimum atomic E-state index is -0.877. The number of anilines is 1. The van der Waals surface area contributed by atoms with Gasteiger partial charge in [-0.2, -0.15) is 0 Å². The molecule has 1 aliphatic rings. The zero-order chi connectivity index (χ0) is 18.3. The van der Waals surface area contributed by atoms with Gasteiger partial charge in [-0.05, 0) is 37.5 Å². The maximum absolute atomic E-state index is 15.1. The monoisotopic (exact) mass is 375 g/mol. The van der Waals surface area contributed by atoms with Gasteiger partial charge in [0.25, 0.3) is 0 Å². The number of hydrogen-bond acceptors (Lipinski definition) is 3. The molecule has 0 radical (unpaired) electrons. The lowest BCUT2D eigenvalue weighted by molar-refractivity contribution is 0.103. The summed E-state index contributed by atoms with van der Waals surface area (Å²) < 4.78 is 29.5. The Bertz CT molecular complexity index is 996. The van der Waals surface area contributed by atoms with Gasteiger partial charge in [0.1, 0.15) is 11.5 Å². The number of carbonyl (C=O) groups is 1. The molecule has 1 aromatic carbocycles. The van der Waals surface area contributed by atoms with Crippen LogP contribution in [0.2, 0.25) is 5.02 Å². The van der Waals surface area contributed by atoms with Crippen LogP contribution in [0.5, 0.6) is 0 Å². The Labute approximate surface area is 153 Å². The van der Waals surface area contributed by atoms with Gasteiger partial charge in [0.15, 0.2) is 5.82 Å². The highest BCUT2D eigenvalue weighted by atomic mass is 35.5. The van der Waals surface area contributed by atoms with Gasteiger partial charge in [0.05, 0.1) is 16.3 Å². The molecule has 0 unspecified atom stereocenters. The van der Waals surface area contributed by atoms with Gasteiger partial charge < -0.3 is 9.88 Å². The molecule has 1 fully saturated rings. The van der Waals surface area contributed by atoms with Crippen LogP contribution in [0.4, 0.5) is 14.5 Å². The smallest absolute Gasteiger partial charge is 0.201 e. The second kappa shape index (κ2) is 6.68. The van der Waals surface area contributed by atoms with E-state index in [0.29, 0.717) is 29.1 Å². The first kappa shape index (κ1) is 17.0. The molecule has 4 nitrogen and oxygen atoms in total. The van der Waals surface area contributed by atoms with Crippen molar-refractivity contribution >= 4 is 34.1 Å². The van der Waals surface area contributed by atoms with Gasteiger partial charge in [0, 0.05) is 36.4 Å². The number of nitrogens with zero attached hydrogens (tertiary/aromatic N) is 2. The number of H-pyrrole nitrogens is 1. The van der Waals surface area contributed by atoms with Crippen molar-refractivity contribution in [3.05, 3.63) is 58.4 Å². The first-order valence-corrected chi connectivity index (χ1v) is 8.84. The Morgan fingerprint density at radius 3 is 2.73 bits per heavy atom. The molecule has 0 saturated carbocycles. The molecule has 0 bridgehead atoms. The Hall–Kier alpha value is -2.47. The van der Waals surface area contributed by atoms with Crippen molar-refractivity contribution in [1.29, 1.82) is 0 Å². The minimum Gasteiger partial charge on any atom is -0.369 e. The number of nitrogens with one attached hydrogen (secondary N) is 1. The summed E-state index contributed by atoms with van der Waals surface area (Å²) in [4.78, 5) is 21.7. The van der Waals surface area contributed by atoms with Crippen molar-refractivity contribution in [3.63, 3.8) is 0 Å². The number of benzene rings is 1. The van der Waals surface area contributed by atoms with Crippen LogP contribution in [0.15, 0.2) is 30.6 Å². The number of fused-ring (bicyclic) bond motifs is 1. The average Bonchev–Trinajstić information content (AvgIpc) is 3.05. The summed E-state index contributed by atoms with van der Waals surface area (Å²) in [5, 5.41) is 0.777. The molecular weight excluding hydrogens is 360 g/mol. The number of aromatic amines is 1. The van der Waals surface area contributed by atoms with E-state index in [1.165, 1.54) is 18.5 Å². The molecule has 4 rings (SSSR count). The topological polar surface area (TPSA) is 49.0 Å². The van der Waals surface area contributed by atoms with Crippen LogP contribution in [0.1, 0.15) is 35.2 Å². The summed E-state index contributed by atoms with van der Waals surface area (Å²) in [6.07, 6.45) is 5.84. The van der Waals surface area contributed by atoms with E-state index >= 15 is 4.39 Å². The average molecular weight is 376 g/mol. The zero-order valence-electron chi connectivity index (χ0n) is 13.9. The second-order valence-electron chi connectivity index (χ2n) is 6.38. The van der Waals surface area contributed by atoms with E-state index in [0.717, 1.165) is 25.3 Å². The van der Waals surface area contributed by atoms with Crippen LogP contribution in [-0.4, -0.2) is 28.8 Å². The fraction of sp³-hybridized carbons (Fsp3) is 0.263. The number of aromatic nitrogens is 2. The van der Waals surface area contributed by atoms with Gasteiger partial charge in [0.2, 0.25) is 5.78 Å². The number of carbonyl (C=O) groups excluding carboxylic acids is 1. The van der Waals surface area contributed by atoms with Crippen LogP contribution in [0.25, 0.3) is 11.0 Å². The highest BCUT2D eigenvalue weighted by molar-refractivity contribution is 6.31. The van der Waals surface area contributed by atoms with Gasteiger partial charge in [-0.25, -0.2) is 13.8 Å². The van der Waals surface area contributed by atoms with Crippen LogP contribution < -0.4 is 4.90 Å². The predicted molar refractivity (Wildman–Crippen MR) is 97.0 cm³/mol. The van der Waals surface area contributed by atoms with Crippen molar-refractivity contribution in [3.8, 4) is 0 Å². The fourth-order valence-electron chi connectivity index (χ4n) is 3.43. The summed E-state index contributed by atoms with van der Waals surface area (Å²) in [6.45, 7) is 1.39. The van der Waals surface area contributed by atoms with Gasteiger partial charge in [-0.1, -0.05) is 11.6 Å². The summed E-state index contributed by atoms with van der Waals surface area (Å²) >= 11 is 5.95. The number of hydrogen-bond donors (Lipinski definition) is 1. The first-order valence-electron chi connectivity index (χ1n) is 8.46. The molecule has 2 aromatic heterocycles. The van der Waals surface area contributed by atoms with Gasteiger partial charge >= 0.3 is 0 Å². The SMILES string of the molecule is O=C(c1c(F)ccc(N2CCCCC2)c1F)c1c[nH]c2ncc(Cl)cc12. The molecule has 1 saturated heterocycles. The molecular formula is C19H16ClF2N3O. The maximum Gasteiger partial charge on any atom is 0.201 e. The van der Waals surface area contributed by atoms with Crippen molar-refractivity contribution in [2.24, 2.45) is 0 Å². The van der Waals surface area contributed by atoms with E-state index in [-0.39, 0.29) is 11.3 Å². The summed E-state index contributed by atoms with van der Waals surface area (Å²) in [7, 11) is 0. The number of rotatable bonds is 3. The quantitative estimate of drug-likeness (QED) is 0.674. The first-order chi connectivity index (χ1) is 12.6. The lowest BCUT2D eigenvalue weighted by atomic mass is 10.0. The predicted octanol–water partition coefficient (Wildman–Crippen LogP) is 4.72. The van der Waals surface area contributed by atoms with Gasteiger partial charge in [-0.15, -0.1) is 0 Å². The maximum atomic E-state index is 15.1. The van der Waals surface area contributed by atoms with Crippen LogP contribution in [0, 0.1) is 11.6 Å². The molecule has 3 aromatic rings. The normalized spacial score (nSPS) is 14.8. The highest BCUT2D eigenvalue weighted by Gasteiger charge is 2.26. The molecule has 0 atom stereocenters. The van der Waals surface area contributed by atoms with E-state index in [1.54, 1.807) is 6.07 Å². The van der Waals surface area contributed by atoms with E-state index < -0.39 is 23.0 Å². The van der Waals surface area contributed by atoms with Crippen molar-refractivity contribution in [1.82, 2.24) is 9.97 Å². The lowest BCUT2D eigenvalue weighted by Crippen LogP contribution is -2.30. The van der Waals surface area contributed by atoms with Crippen LogP contribution in [0.3, 0.4) is 0 Å². The fourth-order valence-corrected chi connectivity index (χ4v) is 3.59. The molecule has 1 N–H and O–H groups in total. The largest absolute Gasteiger partial charge is 0.369 e. The Kier molecular flexibility index (Phi) is 4.36. The van der Waals surface area contributed by atoms with Gasteiger partial charge in [-0.3, -0.25) is 4.79 Å². The number of pyridine rings is 1. The van der Waals surface area contributed by atoms with Crippen molar-refractivity contribution < 1.29 is 13.6 Å². The molecule has 26 heavy (non-hydrogen) atoms. The minimum absolute atomic E-state index is 0.142. The summed E-state index contributed by atoms with van der Waals surface area (Å²) in [5.41, 5.74) is 0.300. The molecule has 0 aliphatic carbocycles. The zero-order valence-corrected chi connectivity index (χ0v) is 14.6. The van der Waals surface area contributed by atoms with E-state index in [9.17, 15) is 9.18 Å². The van der Waals surface area contributed by atoms with Crippen LogP contribution >= 0.6 is 11.6 Å². The van der Waals surface area contributed by atoms with E-state index in [2.05, 4.69) is 9.97 Å². The highest BCUT2D eigenvalue weighted by Crippen LogP contribution is 2.30. The second-order valence-corrected chi connectivity index (χ2v) is 6.82. The third kappa shape index (κ3) is 2.84. The van der Waals surface area contributed by atoms with Crippen molar-refractivity contribution in [2.45, 2.75) is 19.3 Å². The van der Waals surface area contributed by atoms with Crippen LogP contribution in [-0.2, 0) is 0 Å². The molecule has 0 spiro atoms. The van der Waals surface area contributed by atoms with E-state index in [1.807, 2.05) is 4.90 Å². The Morgan fingerprint density at radius 2 is 1.96 bits per heavy atom. The summed E-state index contributed by atoms with van der Waals surface area (Å²) in [5.74, 6) is -2.42. The number of piperidine rings is 1. The van der Waals surface area contributed by atoms with E-state index in [4.69, 9.17) is 11.6 Å². The third-order valence-electron chi connectivity index (χ3n) is 4.74. The Balaban J connectivity index is 1.81. The Morgan fingerprint density at radius 1 is 1.19 bits per heavy atom. The van der Waals surface area contributed by atoms with Crippen molar-refractivity contribution in [2.75, 3.05) is 18.0 Å². The molecule has 3 heterocycles. The standard InChI is InChI=1S/C19H16ClF2N3O/c20-11-8-12-13(10-24-19(12)23-9-11)18(26)16-14(21)4-5-15(17(16)22)25-6-2-1-3-7-25/h4-5,8-10H,1-3,6-7H2,(H,23,24). The molecule has 134 valence electrons. The summed E-state index contributed by atoms with van der Waals surface area (Å²) in [6, 6.07) is 4.11. The lowest BCUT2D eigenvalue weighted by Gasteiger charge is -2.29.